The van der Waals surface area contributed by atoms with E-state index in [9.17, 15) is 14.7 Å². The SMILES string of the molecule is O=C1NC(=O)/C(=C/c2cccc(O)c2)S1. The van der Waals surface area contributed by atoms with E-state index < -0.39 is 5.91 Å². The first-order valence-electron chi connectivity index (χ1n) is 4.19. The number of benzene rings is 1. The van der Waals surface area contributed by atoms with Gasteiger partial charge in [0.1, 0.15) is 5.75 Å². The Hall–Kier alpha value is -1.75. The van der Waals surface area contributed by atoms with E-state index in [1.165, 1.54) is 12.1 Å². The third-order valence-electron chi connectivity index (χ3n) is 1.81. The summed E-state index contributed by atoms with van der Waals surface area (Å²) in [5.41, 5.74) is 0.683. The Morgan fingerprint density at radius 3 is 2.73 bits per heavy atom. The maximum absolute atomic E-state index is 11.2. The zero-order chi connectivity index (χ0) is 10.8. The van der Waals surface area contributed by atoms with E-state index in [-0.39, 0.29) is 11.0 Å². The lowest BCUT2D eigenvalue weighted by atomic mass is 10.2. The van der Waals surface area contributed by atoms with Crippen LogP contribution in [0.15, 0.2) is 29.2 Å². The van der Waals surface area contributed by atoms with Crippen LogP contribution in [0.5, 0.6) is 5.75 Å². The second-order valence-electron chi connectivity index (χ2n) is 2.95. The molecule has 15 heavy (non-hydrogen) atoms. The second-order valence-corrected chi connectivity index (χ2v) is 3.96. The van der Waals surface area contributed by atoms with Crippen molar-refractivity contribution in [2.45, 2.75) is 0 Å². The van der Waals surface area contributed by atoms with Gasteiger partial charge in [-0.1, -0.05) is 12.1 Å². The number of nitrogens with one attached hydrogen (secondary N) is 1. The summed E-state index contributed by atoms with van der Waals surface area (Å²) < 4.78 is 0. The Balaban J connectivity index is 2.31. The highest BCUT2D eigenvalue weighted by molar-refractivity contribution is 8.18. The Bertz CT molecular complexity index is 467. The van der Waals surface area contributed by atoms with Crippen molar-refractivity contribution in [3.8, 4) is 5.75 Å². The zero-order valence-electron chi connectivity index (χ0n) is 7.56. The first-order chi connectivity index (χ1) is 7.15. The molecule has 1 heterocycles. The minimum Gasteiger partial charge on any atom is -0.508 e. The summed E-state index contributed by atoms with van der Waals surface area (Å²) in [6, 6.07) is 6.46. The van der Waals surface area contributed by atoms with E-state index >= 15 is 0 Å². The zero-order valence-corrected chi connectivity index (χ0v) is 8.38. The normalized spacial score (nSPS) is 18.3. The van der Waals surface area contributed by atoms with Crippen molar-refractivity contribution < 1.29 is 14.7 Å². The monoisotopic (exact) mass is 221 g/mol. The number of hydrogen-bond donors (Lipinski definition) is 2. The van der Waals surface area contributed by atoms with Crippen molar-refractivity contribution >= 4 is 29.0 Å². The third kappa shape index (κ3) is 2.19. The summed E-state index contributed by atoms with van der Waals surface area (Å²) in [6.45, 7) is 0. The number of rotatable bonds is 1. The molecule has 1 saturated heterocycles. The van der Waals surface area contributed by atoms with Crippen LogP contribution in [-0.4, -0.2) is 16.3 Å². The number of carbonyl (C=O) groups is 2. The van der Waals surface area contributed by atoms with Crippen LogP contribution in [0.1, 0.15) is 5.56 Å². The van der Waals surface area contributed by atoms with Crippen molar-refractivity contribution in [2.75, 3.05) is 0 Å². The first-order valence-corrected chi connectivity index (χ1v) is 5.01. The Kier molecular flexibility index (Phi) is 2.47. The van der Waals surface area contributed by atoms with Crippen LogP contribution in [0.4, 0.5) is 4.79 Å². The molecule has 1 fully saturated rings. The second kappa shape index (κ2) is 3.78. The van der Waals surface area contributed by atoms with Gasteiger partial charge in [-0.05, 0) is 35.5 Å². The van der Waals surface area contributed by atoms with Crippen molar-refractivity contribution in [1.29, 1.82) is 0 Å². The molecule has 2 N–H and O–H groups in total. The quantitative estimate of drug-likeness (QED) is 0.708. The summed E-state index contributed by atoms with van der Waals surface area (Å²) in [6.07, 6.45) is 1.56. The molecular weight excluding hydrogens is 214 g/mol. The van der Waals surface area contributed by atoms with E-state index in [0.717, 1.165) is 11.8 Å². The average molecular weight is 221 g/mol. The molecule has 0 spiro atoms. The highest BCUT2D eigenvalue weighted by Gasteiger charge is 2.24. The van der Waals surface area contributed by atoms with E-state index in [2.05, 4.69) is 5.32 Å². The fourth-order valence-corrected chi connectivity index (χ4v) is 1.87. The maximum Gasteiger partial charge on any atom is 0.290 e. The van der Waals surface area contributed by atoms with Crippen LogP contribution < -0.4 is 5.32 Å². The van der Waals surface area contributed by atoms with Gasteiger partial charge in [-0.15, -0.1) is 0 Å². The molecular formula is C10H7NO3S. The molecule has 1 aromatic carbocycles. The highest BCUT2D eigenvalue weighted by Crippen LogP contribution is 2.26. The van der Waals surface area contributed by atoms with Gasteiger partial charge < -0.3 is 5.11 Å². The van der Waals surface area contributed by atoms with Gasteiger partial charge in [-0.2, -0.15) is 0 Å². The van der Waals surface area contributed by atoms with Crippen LogP contribution in [0.3, 0.4) is 0 Å². The molecule has 2 amide bonds. The number of carbonyl (C=O) groups excluding carboxylic acids is 2. The molecule has 0 aromatic heterocycles. The van der Waals surface area contributed by atoms with Gasteiger partial charge in [0.25, 0.3) is 11.1 Å². The third-order valence-corrected chi connectivity index (χ3v) is 2.62. The molecule has 0 atom stereocenters. The summed E-state index contributed by atoms with van der Waals surface area (Å²) in [5, 5.41) is 11.0. The van der Waals surface area contributed by atoms with Crippen molar-refractivity contribution in [3.05, 3.63) is 34.7 Å². The Morgan fingerprint density at radius 2 is 2.13 bits per heavy atom. The predicted octanol–water partition coefficient (Wildman–Crippen LogP) is 1.72. The van der Waals surface area contributed by atoms with Gasteiger partial charge in [0, 0.05) is 0 Å². The lowest BCUT2D eigenvalue weighted by Crippen LogP contribution is -2.17. The topological polar surface area (TPSA) is 66.4 Å². The molecule has 0 bridgehead atoms. The maximum atomic E-state index is 11.2. The fourth-order valence-electron chi connectivity index (χ4n) is 1.19. The van der Waals surface area contributed by atoms with Gasteiger partial charge in [-0.3, -0.25) is 14.9 Å². The van der Waals surface area contributed by atoms with Crippen LogP contribution >= 0.6 is 11.8 Å². The van der Waals surface area contributed by atoms with Crippen LogP contribution in [-0.2, 0) is 4.79 Å². The van der Waals surface area contributed by atoms with E-state index in [1.807, 2.05) is 0 Å². The number of aromatic hydroxyl groups is 1. The molecule has 0 aliphatic carbocycles. The number of imide groups is 1. The molecule has 1 aliphatic rings. The molecule has 1 aliphatic heterocycles. The average Bonchev–Trinajstić information content (AvgIpc) is 2.45. The van der Waals surface area contributed by atoms with E-state index in [0.29, 0.717) is 10.5 Å². The van der Waals surface area contributed by atoms with Crippen LogP contribution in [0.2, 0.25) is 0 Å². The number of hydrogen-bond acceptors (Lipinski definition) is 4. The Morgan fingerprint density at radius 1 is 1.33 bits per heavy atom. The minimum atomic E-state index is -0.395. The van der Waals surface area contributed by atoms with E-state index in [4.69, 9.17) is 0 Å². The highest BCUT2D eigenvalue weighted by atomic mass is 32.2. The van der Waals surface area contributed by atoms with Gasteiger partial charge in [0.15, 0.2) is 0 Å². The molecule has 76 valence electrons. The molecule has 1 aromatic rings. The fraction of sp³-hybridized carbons (Fsp3) is 0. The molecule has 2 rings (SSSR count). The predicted molar refractivity (Wildman–Crippen MR) is 57.2 cm³/mol. The van der Waals surface area contributed by atoms with Gasteiger partial charge in [0.2, 0.25) is 0 Å². The molecule has 4 nitrogen and oxygen atoms in total. The van der Waals surface area contributed by atoms with Crippen molar-refractivity contribution in [2.24, 2.45) is 0 Å². The molecule has 0 saturated carbocycles. The van der Waals surface area contributed by atoms with E-state index in [1.54, 1.807) is 18.2 Å². The van der Waals surface area contributed by atoms with Gasteiger partial charge >= 0.3 is 0 Å². The standard InChI is InChI=1S/C10H7NO3S/c12-7-3-1-2-6(4-7)5-8-9(13)11-10(14)15-8/h1-5,12H,(H,11,13,14)/b8-5-. The molecule has 0 unspecified atom stereocenters. The first kappa shape index (κ1) is 9.79. The molecule has 5 heteroatoms. The Labute approximate surface area is 90.0 Å². The van der Waals surface area contributed by atoms with Crippen molar-refractivity contribution in [3.63, 3.8) is 0 Å². The number of amides is 2. The summed E-state index contributed by atoms with van der Waals surface area (Å²) in [5.74, 6) is -0.271. The largest absolute Gasteiger partial charge is 0.508 e. The smallest absolute Gasteiger partial charge is 0.290 e. The summed E-state index contributed by atoms with van der Waals surface area (Å²) in [4.78, 5) is 22.4. The number of thioether (sulfide) groups is 1. The lowest BCUT2D eigenvalue weighted by molar-refractivity contribution is -0.115. The van der Waals surface area contributed by atoms with Crippen molar-refractivity contribution in [1.82, 2.24) is 5.32 Å². The lowest BCUT2D eigenvalue weighted by Gasteiger charge is -1.95. The number of phenolic OH excluding ortho intramolecular Hbond substituents is 1. The van der Waals surface area contributed by atoms with Crippen LogP contribution in [0.25, 0.3) is 6.08 Å². The van der Waals surface area contributed by atoms with Gasteiger partial charge in [0.05, 0.1) is 4.91 Å². The summed E-state index contributed by atoms with van der Waals surface area (Å²) >= 11 is 0.854. The van der Waals surface area contributed by atoms with Gasteiger partial charge in [-0.25, -0.2) is 0 Å². The van der Waals surface area contributed by atoms with Crippen LogP contribution in [0, 0.1) is 0 Å². The number of phenols is 1. The molecule has 0 radical (unpaired) electrons. The summed E-state index contributed by atoms with van der Waals surface area (Å²) in [7, 11) is 0. The minimum absolute atomic E-state index is 0.124.